The fraction of sp³-hybridized carbons (Fsp3) is 0.154. The molecule has 1 N–H and O–H groups in total. The zero-order valence-corrected chi connectivity index (χ0v) is 22.3. The molecule has 1 amide bonds. The summed E-state index contributed by atoms with van der Waals surface area (Å²) in [5, 5.41) is 23.8. The number of benzene rings is 3. The van der Waals surface area contributed by atoms with Gasteiger partial charge < -0.3 is 14.8 Å². The Morgan fingerprint density at radius 1 is 1.22 bits per heavy atom. The van der Waals surface area contributed by atoms with E-state index >= 15 is 0 Å². The molecule has 0 unspecified atom stereocenters. The number of carbonyl (C=O) groups is 1. The van der Waals surface area contributed by atoms with E-state index in [0.717, 1.165) is 5.56 Å². The van der Waals surface area contributed by atoms with Gasteiger partial charge >= 0.3 is 0 Å². The number of nitriles is 1. The number of nitrogens with one attached hydrogen (secondary N) is 1. The largest absolute Gasteiger partial charge is 0.490 e. The molecule has 0 bridgehead atoms. The van der Waals surface area contributed by atoms with E-state index in [-0.39, 0.29) is 17.9 Å². The smallest absolute Gasteiger partial charge is 0.269 e. The lowest BCUT2D eigenvalue weighted by Crippen LogP contribution is -2.14. The molecule has 0 aliphatic heterocycles. The van der Waals surface area contributed by atoms with Gasteiger partial charge in [-0.05, 0) is 83.5 Å². The average molecular weight is 618 g/mol. The molecular formula is C26H21ClIN3O5. The first-order valence-corrected chi connectivity index (χ1v) is 12.2. The van der Waals surface area contributed by atoms with Crippen LogP contribution < -0.4 is 14.8 Å². The maximum atomic E-state index is 12.8. The fourth-order valence-electron chi connectivity index (χ4n) is 3.22. The van der Waals surface area contributed by atoms with Crippen molar-refractivity contribution in [3.63, 3.8) is 0 Å². The Labute approximate surface area is 226 Å². The second-order valence-corrected chi connectivity index (χ2v) is 9.16. The van der Waals surface area contributed by atoms with Crippen LogP contribution in [0, 0.1) is 31.9 Å². The molecule has 0 fully saturated rings. The molecule has 0 saturated carbocycles. The summed E-state index contributed by atoms with van der Waals surface area (Å²) in [5.74, 6) is 0.310. The number of anilines is 1. The predicted octanol–water partition coefficient (Wildman–Crippen LogP) is 6.68. The number of hydrogen-bond acceptors (Lipinski definition) is 6. The van der Waals surface area contributed by atoms with Gasteiger partial charge in [0, 0.05) is 22.8 Å². The Bertz CT molecular complexity index is 1380. The molecule has 0 heterocycles. The van der Waals surface area contributed by atoms with E-state index in [2.05, 4.69) is 27.9 Å². The standard InChI is InChI=1S/C26H21ClIN3O5/c1-3-35-24-12-18(9-19(14-29)26(32)30-23-13-20(27)8-7-16(23)2)11-22(28)25(24)36-15-17-5-4-6-21(10-17)31(33)34/h4-13H,3,15H2,1-2H3,(H,30,32)/b19-9+. The van der Waals surface area contributed by atoms with Gasteiger partial charge in [0.05, 0.1) is 15.1 Å². The second-order valence-electron chi connectivity index (χ2n) is 7.56. The van der Waals surface area contributed by atoms with E-state index in [1.54, 1.807) is 42.5 Å². The highest BCUT2D eigenvalue weighted by molar-refractivity contribution is 14.1. The molecule has 0 aliphatic carbocycles. The lowest BCUT2D eigenvalue weighted by atomic mass is 10.1. The molecule has 3 rings (SSSR count). The quantitative estimate of drug-likeness (QED) is 0.0941. The molecule has 0 radical (unpaired) electrons. The lowest BCUT2D eigenvalue weighted by Gasteiger charge is -2.15. The van der Waals surface area contributed by atoms with Gasteiger partial charge in [-0.1, -0.05) is 29.8 Å². The first-order chi connectivity index (χ1) is 17.2. The van der Waals surface area contributed by atoms with Crippen LogP contribution in [0.1, 0.15) is 23.6 Å². The van der Waals surface area contributed by atoms with E-state index in [4.69, 9.17) is 21.1 Å². The van der Waals surface area contributed by atoms with Gasteiger partial charge in [-0.15, -0.1) is 0 Å². The molecule has 0 saturated heterocycles. The molecule has 184 valence electrons. The van der Waals surface area contributed by atoms with Gasteiger partial charge in [0.1, 0.15) is 18.2 Å². The van der Waals surface area contributed by atoms with E-state index in [1.807, 2.05) is 19.9 Å². The summed E-state index contributed by atoms with van der Waals surface area (Å²) in [4.78, 5) is 23.3. The highest BCUT2D eigenvalue weighted by atomic mass is 127. The van der Waals surface area contributed by atoms with Crippen LogP contribution in [0.3, 0.4) is 0 Å². The van der Waals surface area contributed by atoms with Gasteiger partial charge in [0.2, 0.25) is 0 Å². The Balaban J connectivity index is 1.86. The van der Waals surface area contributed by atoms with Crippen molar-refractivity contribution < 1.29 is 19.2 Å². The summed E-state index contributed by atoms with van der Waals surface area (Å²) in [7, 11) is 0. The van der Waals surface area contributed by atoms with Gasteiger partial charge in [0.25, 0.3) is 11.6 Å². The van der Waals surface area contributed by atoms with Crippen LogP contribution in [0.15, 0.2) is 60.2 Å². The number of halogens is 2. The number of aryl methyl sites for hydroxylation is 1. The van der Waals surface area contributed by atoms with E-state index in [9.17, 15) is 20.2 Å². The van der Waals surface area contributed by atoms with Gasteiger partial charge in [-0.2, -0.15) is 5.26 Å². The predicted molar refractivity (Wildman–Crippen MR) is 146 cm³/mol. The minimum Gasteiger partial charge on any atom is -0.490 e. The van der Waals surface area contributed by atoms with Crippen LogP contribution in [0.25, 0.3) is 6.08 Å². The van der Waals surface area contributed by atoms with E-state index in [0.29, 0.717) is 43.5 Å². The Kier molecular flexibility index (Phi) is 9.27. The molecule has 10 heteroatoms. The van der Waals surface area contributed by atoms with Crippen molar-refractivity contribution in [3.05, 3.63) is 95.6 Å². The molecule has 0 aliphatic rings. The van der Waals surface area contributed by atoms with Crippen LogP contribution in [0.2, 0.25) is 5.02 Å². The summed E-state index contributed by atoms with van der Waals surface area (Å²) >= 11 is 8.10. The Morgan fingerprint density at radius 2 is 2.00 bits per heavy atom. The van der Waals surface area contributed by atoms with Crippen LogP contribution in [-0.2, 0) is 11.4 Å². The number of ether oxygens (including phenoxy) is 2. The molecule has 36 heavy (non-hydrogen) atoms. The Morgan fingerprint density at radius 3 is 2.69 bits per heavy atom. The molecule has 3 aromatic carbocycles. The summed E-state index contributed by atoms with van der Waals surface area (Å²) < 4.78 is 12.4. The number of nitro groups is 1. The lowest BCUT2D eigenvalue weighted by molar-refractivity contribution is -0.384. The normalized spacial score (nSPS) is 10.9. The first kappa shape index (κ1) is 27.0. The van der Waals surface area contributed by atoms with Gasteiger partial charge in [-0.3, -0.25) is 14.9 Å². The molecule has 0 atom stereocenters. The maximum absolute atomic E-state index is 12.8. The number of nitrogens with zero attached hydrogens (tertiary/aromatic N) is 2. The third-order valence-corrected chi connectivity index (χ3v) is 6.00. The number of non-ortho nitro benzene ring substituents is 1. The molecule has 0 spiro atoms. The number of carbonyl (C=O) groups excluding carboxylic acids is 1. The van der Waals surface area contributed by atoms with Crippen molar-refractivity contribution in [2.45, 2.75) is 20.5 Å². The summed E-state index contributed by atoms with van der Waals surface area (Å²) in [6.07, 6.45) is 1.46. The van der Waals surface area contributed by atoms with Crippen molar-refractivity contribution >= 4 is 57.5 Å². The van der Waals surface area contributed by atoms with Crippen LogP contribution in [0.4, 0.5) is 11.4 Å². The zero-order valence-electron chi connectivity index (χ0n) is 19.4. The third-order valence-electron chi connectivity index (χ3n) is 4.96. The maximum Gasteiger partial charge on any atom is 0.269 e. The number of rotatable bonds is 9. The number of hydrogen-bond donors (Lipinski definition) is 1. The fourth-order valence-corrected chi connectivity index (χ4v) is 4.18. The van der Waals surface area contributed by atoms with Crippen LogP contribution in [-0.4, -0.2) is 17.4 Å². The highest BCUT2D eigenvalue weighted by Gasteiger charge is 2.16. The summed E-state index contributed by atoms with van der Waals surface area (Å²) in [6.45, 7) is 4.10. The SMILES string of the molecule is CCOc1cc(/C=C(\C#N)C(=O)Nc2cc(Cl)ccc2C)cc(I)c1OCc1cccc([N+](=O)[O-])c1. The highest BCUT2D eigenvalue weighted by Crippen LogP contribution is 2.36. The van der Waals surface area contributed by atoms with Crippen molar-refractivity contribution in [1.82, 2.24) is 0 Å². The third kappa shape index (κ3) is 6.96. The summed E-state index contributed by atoms with van der Waals surface area (Å²) in [6, 6.07) is 16.7. The van der Waals surface area contributed by atoms with Crippen molar-refractivity contribution in [2.24, 2.45) is 0 Å². The first-order valence-electron chi connectivity index (χ1n) is 10.7. The van der Waals surface area contributed by atoms with Crippen molar-refractivity contribution in [3.8, 4) is 17.6 Å². The van der Waals surface area contributed by atoms with Crippen LogP contribution >= 0.6 is 34.2 Å². The zero-order chi connectivity index (χ0) is 26.2. The minimum atomic E-state index is -0.568. The van der Waals surface area contributed by atoms with Crippen molar-refractivity contribution in [1.29, 1.82) is 5.26 Å². The number of amides is 1. The molecular weight excluding hydrogens is 597 g/mol. The minimum absolute atomic E-state index is 0.0217. The topological polar surface area (TPSA) is 114 Å². The average Bonchev–Trinajstić information content (AvgIpc) is 2.84. The second kappa shape index (κ2) is 12.4. The van der Waals surface area contributed by atoms with Crippen molar-refractivity contribution in [2.75, 3.05) is 11.9 Å². The Hall–Kier alpha value is -3.62. The number of nitro benzene ring substituents is 1. The molecule has 0 aromatic heterocycles. The monoisotopic (exact) mass is 617 g/mol. The van der Waals surface area contributed by atoms with E-state index in [1.165, 1.54) is 18.2 Å². The molecule has 8 nitrogen and oxygen atoms in total. The van der Waals surface area contributed by atoms with Gasteiger partial charge in [-0.25, -0.2) is 0 Å². The van der Waals surface area contributed by atoms with E-state index < -0.39 is 10.8 Å². The van der Waals surface area contributed by atoms with Crippen LogP contribution in [0.5, 0.6) is 11.5 Å². The van der Waals surface area contributed by atoms with Gasteiger partial charge in [0.15, 0.2) is 11.5 Å². The summed E-state index contributed by atoms with van der Waals surface area (Å²) in [5.41, 5.74) is 2.40. The molecule has 3 aromatic rings.